The molecule has 0 saturated carbocycles. The van der Waals surface area contributed by atoms with Gasteiger partial charge in [0.05, 0.1) is 12.2 Å². The van der Waals surface area contributed by atoms with Gasteiger partial charge in [-0.3, -0.25) is 0 Å². The van der Waals surface area contributed by atoms with Crippen LogP contribution in [0.15, 0.2) is 24.3 Å². The van der Waals surface area contributed by atoms with Gasteiger partial charge in [0.1, 0.15) is 0 Å². The number of alkyl halides is 1. The summed E-state index contributed by atoms with van der Waals surface area (Å²) in [7, 11) is 0. The second kappa shape index (κ2) is 4.64. The van der Waals surface area contributed by atoms with E-state index < -0.39 is 0 Å². The Labute approximate surface area is 102 Å². The number of nitrogens with zero attached hydrogens (tertiary/aromatic N) is 1. The van der Waals surface area contributed by atoms with Gasteiger partial charge in [0, 0.05) is 24.7 Å². The van der Waals surface area contributed by atoms with Gasteiger partial charge in [-0.05, 0) is 25.5 Å². The van der Waals surface area contributed by atoms with Crippen molar-refractivity contribution in [1.82, 2.24) is 0 Å². The van der Waals surface area contributed by atoms with Gasteiger partial charge in [0.2, 0.25) is 0 Å². The SMILES string of the molecule is CC1(C)CN(c2ccccc2CCl)CCO1. The topological polar surface area (TPSA) is 12.5 Å². The fourth-order valence-corrected chi connectivity index (χ4v) is 2.38. The van der Waals surface area contributed by atoms with E-state index in [1.54, 1.807) is 0 Å². The van der Waals surface area contributed by atoms with Gasteiger partial charge >= 0.3 is 0 Å². The third-order valence-electron chi connectivity index (χ3n) is 2.90. The van der Waals surface area contributed by atoms with Gasteiger partial charge in [0.15, 0.2) is 0 Å². The van der Waals surface area contributed by atoms with Crippen molar-refractivity contribution >= 4 is 17.3 Å². The highest BCUT2D eigenvalue weighted by atomic mass is 35.5. The number of benzene rings is 1. The molecule has 0 amide bonds. The number of anilines is 1. The summed E-state index contributed by atoms with van der Waals surface area (Å²) in [6.45, 7) is 6.90. The first-order valence-corrected chi connectivity index (χ1v) is 6.19. The summed E-state index contributed by atoms with van der Waals surface area (Å²) in [5.41, 5.74) is 2.37. The van der Waals surface area contributed by atoms with E-state index in [0.29, 0.717) is 5.88 Å². The van der Waals surface area contributed by atoms with Gasteiger partial charge < -0.3 is 9.64 Å². The Kier molecular flexibility index (Phi) is 3.41. The van der Waals surface area contributed by atoms with E-state index in [1.807, 2.05) is 6.07 Å². The van der Waals surface area contributed by atoms with Crippen molar-refractivity contribution < 1.29 is 4.74 Å². The van der Waals surface area contributed by atoms with Crippen molar-refractivity contribution in [2.75, 3.05) is 24.6 Å². The van der Waals surface area contributed by atoms with Crippen LogP contribution in [-0.2, 0) is 10.6 Å². The molecule has 3 heteroatoms. The molecule has 1 aliphatic heterocycles. The lowest BCUT2D eigenvalue weighted by molar-refractivity contribution is -0.0277. The summed E-state index contributed by atoms with van der Waals surface area (Å²) < 4.78 is 5.72. The molecule has 1 aromatic rings. The highest BCUT2D eigenvalue weighted by Crippen LogP contribution is 2.26. The molecule has 2 nitrogen and oxygen atoms in total. The van der Waals surface area contributed by atoms with E-state index in [-0.39, 0.29) is 5.60 Å². The monoisotopic (exact) mass is 239 g/mol. The average molecular weight is 240 g/mol. The first-order valence-electron chi connectivity index (χ1n) is 5.65. The molecule has 16 heavy (non-hydrogen) atoms. The third-order valence-corrected chi connectivity index (χ3v) is 3.19. The van der Waals surface area contributed by atoms with Crippen LogP contribution < -0.4 is 4.90 Å². The summed E-state index contributed by atoms with van der Waals surface area (Å²) in [5, 5.41) is 0. The number of morpholine rings is 1. The van der Waals surface area contributed by atoms with E-state index in [9.17, 15) is 0 Å². The summed E-state index contributed by atoms with van der Waals surface area (Å²) in [6, 6.07) is 8.32. The van der Waals surface area contributed by atoms with Gasteiger partial charge in [-0.1, -0.05) is 18.2 Å². The summed E-state index contributed by atoms with van der Waals surface area (Å²) in [4.78, 5) is 2.36. The normalized spacial score (nSPS) is 19.8. The zero-order valence-corrected chi connectivity index (χ0v) is 10.6. The van der Waals surface area contributed by atoms with Crippen molar-refractivity contribution in [2.24, 2.45) is 0 Å². The third kappa shape index (κ3) is 2.50. The quantitative estimate of drug-likeness (QED) is 0.736. The van der Waals surface area contributed by atoms with E-state index in [1.165, 1.54) is 11.3 Å². The van der Waals surface area contributed by atoms with Crippen molar-refractivity contribution in [3.05, 3.63) is 29.8 Å². The fourth-order valence-electron chi connectivity index (χ4n) is 2.15. The van der Waals surface area contributed by atoms with E-state index >= 15 is 0 Å². The first kappa shape index (κ1) is 11.7. The predicted octanol–water partition coefficient (Wildman–Crippen LogP) is 3.04. The molecule has 1 saturated heterocycles. The minimum Gasteiger partial charge on any atom is -0.372 e. The molecule has 0 radical (unpaired) electrons. The highest BCUT2D eigenvalue weighted by Gasteiger charge is 2.27. The minimum absolute atomic E-state index is 0.0718. The molecule has 1 aromatic carbocycles. The van der Waals surface area contributed by atoms with Crippen LogP contribution in [-0.4, -0.2) is 25.3 Å². The molecule has 2 rings (SSSR count). The van der Waals surface area contributed by atoms with Crippen LogP contribution in [0.1, 0.15) is 19.4 Å². The lowest BCUT2D eigenvalue weighted by Gasteiger charge is -2.40. The number of hydrogen-bond donors (Lipinski definition) is 0. The first-order chi connectivity index (χ1) is 7.62. The van der Waals surface area contributed by atoms with Crippen LogP contribution in [0.5, 0.6) is 0 Å². The smallest absolute Gasteiger partial charge is 0.0801 e. The van der Waals surface area contributed by atoms with Crippen molar-refractivity contribution in [1.29, 1.82) is 0 Å². The summed E-state index contributed by atoms with van der Waals surface area (Å²) in [5.74, 6) is 0.563. The maximum absolute atomic E-state index is 5.96. The van der Waals surface area contributed by atoms with Gasteiger partial charge in [-0.25, -0.2) is 0 Å². The molecule has 88 valence electrons. The van der Waals surface area contributed by atoms with Gasteiger partial charge in [-0.15, -0.1) is 11.6 Å². The van der Waals surface area contributed by atoms with E-state index in [2.05, 4.69) is 36.9 Å². The highest BCUT2D eigenvalue weighted by molar-refractivity contribution is 6.17. The van der Waals surface area contributed by atoms with Crippen LogP contribution in [0.2, 0.25) is 0 Å². The largest absolute Gasteiger partial charge is 0.372 e. The standard InChI is InChI=1S/C13H18ClNO/c1-13(2)10-15(7-8-16-13)12-6-4-3-5-11(12)9-14/h3-6H,7-10H2,1-2H3. The average Bonchev–Trinajstić information content (AvgIpc) is 2.27. The maximum Gasteiger partial charge on any atom is 0.0801 e. The van der Waals surface area contributed by atoms with Crippen LogP contribution >= 0.6 is 11.6 Å². The molecule has 0 bridgehead atoms. The van der Waals surface area contributed by atoms with Crippen molar-refractivity contribution in [3.8, 4) is 0 Å². The van der Waals surface area contributed by atoms with E-state index in [0.717, 1.165) is 19.7 Å². The minimum atomic E-state index is -0.0718. The molecule has 0 spiro atoms. The van der Waals surface area contributed by atoms with Crippen LogP contribution in [0.4, 0.5) is 5.69 Å². The molecule has 0 aliphatic carbocycles. The lowest BCUT2D eigenvalue weighted by Crippen LogP contribution is -2.48. The van der Waals surface area contributed by atoms with Gasteiger partial charge in [0.25, 0.3) is 0 Å². The number of halogens is 1. The number of ether oxygens (including phenoxy) is 1. The molecule has 1 aliphatic rings. The zero-order valence-electron chi connectivity index (χ0n) is 9.87. The zero-order chi connectivity index (χ0) is 11.6. The van der Waals surface area contributed by atoms with Gasteiger partial charge in [-0.2, -0.15) is 0 Å². The molecular weight excluding hydrogens is 222 g/mol. The van der Waals surface area contributed by atoms with Crippen LogP contribution in [0, 0.1) is 0 Å². The molecule has 0 unspecified atom stereocenters. The summed E-state index contributed by atoms with van der Waals surface area (Å²) in [6.07, 6.45) is 0. The van der Waals surface area contributed by atoms with Crippen molar-refractivity contribution in [2.45, 2.75) is 25.3 Å². The van der Waals surface area contributed by atoms with Crippen LogP contribution in [0.25, 0.3) is 0 Å². The second-order valence-corrected chi connectivity index (χ2v) is 5.06. The molecule has 1 heterocycles. The maximum atomic E-state index is 5.96. The predicted molar refractivity (Wildman–Crippen MR) is 68.2 cm³/mol. The fraction of sp³-hybridized carbons (Fsp3) is 0.538. The van der Waals surface area contributed by atoms with E-state index in [4.69, 9.17) is 16.3 Å². The molecule has 1 fully saturated rings. The Bertz CT molecular complexity index is 365. The van der Waals surface area contributed by atoms with Crippen molar-refractivity contribution in [3.63, 3.8) is 0 Å². The lowest BCUT2D eigenvalue weighted by atomic mass is 10.1. The Morgan fingerprint density at radius 1 is 1.38 bits per heavy atom. The molecule has 0 atom stereocenters. The number of hydrogen-bond acceptors (Lipinski definition) is 2. The molecular formula is C13H18ClNO. The Hall–Kier alpha value is -0.730. The second-order valence-electron chi connectivity index (χ2n) is 4.79. The number of rotatable bonds is 2. The Morgan fingerprint density at radius 3 is 2.81 bits per heavy atom. The Balaban J connectivity index is 2.23. The molecule has 0 N–H and O–H groups in total. The number of para-hydroxylation sites is 1. The molecule has 0 aromatic heterocycles. The Morgan fingerprint density at radius 2 is 2.12 bits per heavy atom. The summed E-state index contributed by atoms with van der Waals surface area (Å²) >= 11 is 5.96. The van der Waals surface area contributed by atoms with Crippen LogP contribution in [0.3, 0.4) is 0 Å².